The molecule has 52 heavy (non-hydrogen) atoms. The van der Waals surface area contributed by atoms with Crippen LogP contribution in [0.2, 0.25) is 0 Å². The van der Waals surface area contributed by atoms with Crippen molar-refractivity contribution in [2.75, 3.05) is 20.6 Å². The SMILES string of the molecule is C=C(C)C1CCC2(C(=O)NCC(c3cccnc3)N(C)C)CCC3(C)C(CCC4C5(C)CC=C(c6ccc(C(=O)O)cc6)C(C)(C)C5CCC43C)C12. The molecule has 10 atom stereocenters. The Kier molecular flexibility index (Phi) is 9.24. The van der Waals surface area contributed by atoms with Crippen LogP contribution in [0, 0.1) is 56.7 Å². The molecule has 0 aliphatic heterocycles. The van der Waals surface area contributed by atoms with Gasteiger partial charge in [0.15, 0.2) is 0 Å². The molecule has 10 unspecified atom stereocenters. The Bertz CT molecular complexity index is 1750. The van der Waals surface area contributed by atoms with Gasteiger partial charge in [-0.2, -0.15) is 0 Å². The summed E-state index contributed by atoms with van der Waals surface area (Å²) in [6.45, 7) is 20.2. The van der Waals surface area contributed by atoms with Crippen molar-refractivity contribution >= 4 is 17.4 Å². The summed E-state index contributed by atoms with van der Waals surface area (Å²) in [7, 11) is 4.17. The van der Waals surface area contributed by atoms with Gasteiger partial charge in [-0.05, 0) is 165 Å². The van der Waals surface area contributed by atoms with Crippen molar-refractivity contribution in [3.05, 3.63) is 83.7 Å². The van der Waals surface area contributed by atoms with Crippen LogP contribution in [0.25, 0.3) is 5.57 Å². The Morgan fingerprint density at radius 2 is 1.67 bits per heavy atom. The summed E-state index contributed by atoms with van der Waals surface area (Å²) in [4.78, 5) is 32.9. The minimum atomic E-state index is -0.877. The molecule has 7 rings (SSSR count). The number of rotatable bonds is 8. The molecule has 6 heteroatoms. The molecule has 4 fully saturated rings. The lowest BCUT2D eigenvalue weighted by Crippen LogP contribution is -2.66. The summed E-state index contributed by atoms with van der Waals surface area (Å²) in [5.41, 5.74) is 5.42. The van der Waals surface area contributed by atoms with Gasteiger partial charge in [0.1, 0.15) is 0 Å². The van der Waals surface area contributed by atoms with Crippen LogP contribution in [-0.4, -0.2) is 47.5 Å². The van der Waals surface area contributed by atoms with Crippen LogP contribution in [0.4, 0.5) is 0 Å². The number of carbonyl (C=O) groups is 2. The molecule has 2 aromatic rings. The van der Waals surface area contributed by atoms with E-state index in [-0.39, 0.29) is 39.0 Å². The number of nitrogens with one attached hydrogen (secondary N) is 1. The largest absolute Gasteiger partial charge is 0.478 e. The number of aromatic nitrogens is 1. The number of hydrogen-bond acceptors (Lipinski definition) is 4. The predicted octanol–water partition coefficient (Wildman–Crippen LogP) is 9.85. The van der Waals surface area contributed by atoms with Crippen molar-refractivity contribution < 1.29 is 14.7 Å². The van der Waals surface area contributed by atoms with Crippen LogP contribution < -0.4 is 5.32 Å². The highest BCUT2D eigenvalue weighted by Crippen LogP contribution is 2.77. The smallest absolute Gasteiger partial charge is 0.335 e. The minimum absolute atomic E-state index is 0.0205. The molecule has 0 spiro atoms. The van der Waals surface area contributed by atoms with Gasteiger partial charge < -0.3 is 15.3 Å². The summed E-state index contributed by atoms with van der Waals surface area (Å²) >= 11 is 0. The summed E-state index contributed by atoms with van der Waals surface area (Å²) in [6.07, 6.45) is 16.2. The molecule has 1 heterocycles. The van der Waals surface area contributed by atoms with E-state index in [0.717, 1.165) is 43.2 Å². The molecule has 0 saturated heterocycles. The highest BCUT2D eigenvalue weighted by Gasteiger charge is 2.71. The lowest BCUT2D eigenvalue weighted by Gasteiger charge is -2.72. The van der Waals surface area contributed by atoms with E-state index < -0.39 is 5.97 Å². The normalized spacial score (nSPS) is 38.2. The number of fused-ring (bicyclic) bond motifs is 7. The molecule has 2 N–H and O–H groups in total. The fourth-order valence-corrected chi connectivity index (χ4v) is 14.0. The number of hydrogen-bond donors (Lipinski definition) is 2. The number of pyridine rings is 1. The number of carbonyl (C=O) groups excluding carboxylic acids is 1. The second-order valence-electron chi connectivity index (χ2n) is 19.2. The summed E-state index contributed by atoms with van der Waals surface area (Å²) in [5, 5.41) is 13.0. The first-order chi connectivity index (χ1) is 24.5. The molecule has 5 aliphatic rings. The van der Waals surface area contributed by atoms with Gasteiger partial charge in [-0.3, -0.25) is 9.78 Å². The molecular weight excluding hydrogens is 643 g/mol. The van der Waals surface area contributed by atoms with Gasteiger partial charge in [0.2, 0.25) is 5.91 Å². The average molecular weight is 706 g/mol. The maximum Gasteiger partial charge on any atom is 0.335 e. The zero-order valence-corrected chi connectivity index (χ0v) is 33.1. The maximum atomic E-state index is 14.8. The zero-order valence-electron chi connectivity index (χ0n) is 33.1. The van der Waals surface area contributed by atoms with Crippen molar-refractivity contribution in [1.82, 2.24) is 15.2 Å². The average Bonchev–Trinajstić information content (AvgIpc) is 3.50. The van der Waals surface area contributed by atoms with Gasteiger partial charge in [0, 0.05) is 18.9 Å². The number of likely N-dealkylation sites (N-methyl/N-ethyl adjacent to an activating group) is 1. The quantitative estimate of drug-likeness (QED) is 0.267. The first kappa shape index (κ1) is 37.1. The number of benzene rings is 1. The van der Waals surface area contributed by atoms with Crippen LogP contribution in [0.1, 0.15) is 127 Å². The molecule has 0 bridgehead atoms. The Balaban J connectivity index is 1.18. The van der Waals surface area contributed by atoms with Gasteiger partial charge in [0.25, 0.3) is 0 Å². The van der Waals surface area contributed by atoms with Gasteiger partial charge in [0.05, 0.1) is 17.0 Å². The van der Waals surface area contributed by atoms with Gasteiger partial charge in [-0.1, -0.05) is 71.0 Å². The molecule has 5 aliphatic carbocycles. The maximum absolute atomic E-state index is 14.8. The van der Waals surface area contributed by atoms with E-state index in [9.17, 15) is 14.7 Å². The monoisotopic (exact) mass is 705 g/mol. The molecule has 1 aromatic carbocycles. The number of nitrogens with zero attached hydrogens (tertiary/aromatic N) is 2. The topological polar surface area (TPSA) is 82.5 Å². The molecule has 6 nitrogen and oxygen atoms in total. The summed E-state index contributed by atoms with van der Waals surface area (Å²) < 4.78 is 0. The second kappa shape index (κ2) is 13.0. The lowest BCUT2D eigenvalue weighted by atomic mass is 9.32. The van der Waals surface area contributed by atoms with E-state index in [1.165, 1.54) is 36.8 Å². The Morgan fingerprint density at radius 3 is 2.31 bits per heavy atom. The van der Waals surface area contributed by atoms with Crippen molar-refractivity contribution in [3.8, 4) is 0 Å². The molecule has 1 amide bonds. The first-order valence-corrected chi connectivity index (χ1v) is 20.1. The zero-order chi connectivity index (χ0) is 37.4. The van der Waals surface area contributed by atoms with Crippen molar-refractivity contribution in [3.63, 3.8) is 0 Å². The van der Waals surface area contributed by atoms with Crippen LogP contribution in [0.3, 0.4) is 0 Å². The number of amides is 1. The molecule has 0 radical (unpaired) electrons. The van der Waals surface area contributed by atoms with E-state index in [1.807, 2.05) is 30.6 Å². The fourth-order valence-electron chi connectivity index (χ4n) is 14.0. The van der Waals surface area contributed by atoms with Gasteiger partial charge in [-0.15, -0.1) is 0 Å². The van der Waals surface area contributed by atoms with E-state index in [2.05, 4.69) is 89.6 Å². The fraction of sp³-hybridized carbons (Fsp3) is 0.630. The third kappa shape index (κ3) is 5.39. The number of carboxylic acids is 1. The lowest BCUT2D eigenvalue weighted by molar-refractivity contribution is -0.225. The van der Waals surface area contributed by atoms with E-state index in [1.54, 1.807) is 12.1 Å². The van der Waals surface area contributed by atoms with Crippen LogP contribution in [0.15, 0.2) is 67.0 Å². The standard InChI is InChI=1S/C46H63N3O3/c1-29(2)33-18-23-46(41(52)48-28-36(49(8)9)32-11-10-26-47-27-32)25-24-44(6)35(39(33)46)16-17-38-43(5)21-19-34(30-12-14-31(15-13-30)40(50)51)42(3,4)37(43)20-22-45(38,44)7/h10-15,19,26-27,33,35-39H,1,16-18,20-25,28H2,2-9H3,(H,48,52)(H,50,51). The predicted molar refractivity (Wildman–Crippen MR) is 209 cm³/mol. The molecular formula is C46H63N3O3. The van der Waals surface area contributed by atoms with E-state index in [0.29, 0.717) is 41.7 Å². The molecule has 1 aromatic heterocycles. The number of carboxylic acid groups (broad SMARTS) is 1. The Morgan fingerprint density at radius 1 is 0.942 bits per heavy atom. The first-order valence-electron chi connectivity index (χ1n) is 20.1. The van der Waals surface area contributed by atoms with E-state index in [4.69, 9.17) is 0 Å². The van der Waals surface area contributed by atoms with Crippen LogP contribution >= 0.6 is 0 Å². The third-order valence-corrected chi connectivity index (χ3v) is 16.7. The molecule has 4 saturated carbocycles. The van der Waals surface area contributed by atoms with Gasteiger partial charge >= 0.3 is 5.97 Å². The van der Waals surface area contributed by atoms with Crippen molar-refractivity contribution in [1.29, 1.82) is 0 Å². The Labute approximate surface area is 312 Å². The third-order valence-electron chi connectivity index (χ3n) is 16.7. The minimum Gasteiger partial charge on any atom is -0.478 e. The van der Waals surface area contributed by atoms with Gasteiger partial charge in [-0.25, -0.2) is 4.79 Å². The number of aromatic carboxylic acids is 1. The van der Waals surface area contributed by atoms with Crippen LogP contribution in [0.5, 0.6) is 0 Å². The van der Waals surface area contributed by atoms with Crippen molar-refractivity contribution in [2.24, 2.45) is 56.7 Å². The molecule has 280 valence electrons. The van der Waals surface area contributed by atoms with Crippen molar-refractivity contribution in [2.45, 2.75) is 105 Å². The summed E-state index contributed by atoms with van der Waals surface area (Å²) in [6, 6.07) is 11.7. The second-order valence-corrected chi connectivity index (χ2v) is 19.2. The highest BCUT2D eigenvalue weighted by molar-refractivity contribution is 5.88. The Hall–Kier alpha value is -3.25. The highest BCUT2D eigenvalue weighted by atomic mass is 16.4. The van der Waals surface area contributed by atoms with Crippen LogP contribution in [-0.2, 0) is 4.79 Å². The summed E-state index contributed by atoms with van der Waals surface area (Å²) in [5.74, 6) is 1.76. The number of allylic oxidation sites excluding steroid dienone is 3. The van der Waals surface area contributed by atoms with E-state index >= 15 is 0 Å².